The second-order valence-electron chi connectivity index (χ2n) is 3.89. The molecule has 1 unspecified atom stereocenters. The molecule has 0 aliphatic heterocycles. The maximum absolute atomic E-state index is 10.8. The lowest BCUT2D eigenvalue weighted by atomic mass is 10.1. The van der Waals surface area contributed by atoms with Gasteiger partial charge in [0.2, 0.25) is 0 Å². The van der Waals surface area contributed by atoms with E-state index in [4.69, 9.17) is 11.5 Å². The third-order valence-electron chi connectivity index (χ3n) is 2.51. The average molecular weight is 231 g/mol. The number of hydrogen-bond acceptors (Lipinski definition) is 2. The molecule has 0 fully saturated rings. The minimum absolute atomic E-state index is 0.0495. The summed E-state index contributed by atoms with van der Waals surface area (Å²) < 4.78 is 0. The first-order chi connectivity index (χ1) is 8.17. The van der Waals surface area contributed by atoms with Crippen LogP contribution >= 0.6 is 0 Å². The van der Waals surface area contributed by atoms with Crippen molar-refractivity contribution in [2.75, 3.05) is 0 Å². The zero-order valence-electron chi connectivity index (χ0n) is 9.94. The van der Waals surface area contributed by atoms with Gasteiger partial charge in [0, 0.05) is 6.54 Å². The molecular weight excluding hydrogens is 214 g/mol. The summed E-state index contributed by atoms with van der Waals surface area (Å²) in [6.07, 6.45) is 7.35. The molecule has 1 aromatic rings. The number of carbonyl (C=O) groups is 1. The van der Waals surface area contributed by atoms with Crippen molar-refractivity contribution in [3.05, 3.63) is 35.4 Å². The molecule has 0 saturated heterocycles. The van der Waals surface area contributed by atoms with Crippen molar-refractivity contribution in [1.82, 2.24) is 5.32 Å². The van der Waals surface area contributed by atoms with Crippen LogP contribution < -0.4 is 5.32 Å². The van der Waals surface area contributed by atoms with Crippen molar-refractivity contribution in [3.8, 4) is 12.3 Å². The predicted octanol–water partition coefficient (Wildman–Crippen LogP) is 2.28. The highest BCUT2D eigenvalue weighted by atomic mass is 16.4. The number of carboxylic acids is 1. The number of hydrogen-bond donors (Lipinski definition) is 2. The molecule has 2 N–H and O–H groups in total. The molecular formula is C14H17NO2. The molecule has 0 saturated carbocycles. The molecule has 0 spiro atoms. The molecule has 0 aliphatic carbocycles. The summed E-state index contributed by atoms with van der Waals surface area (Å²) in [5, 5.41) is 12.1. The number of nitrogens with one attached hydrogen (secondary N) is 1. The fraction of sp³-hybridized carbons (Fsp3) is 0.357. The third-order valence-corrected chi connectivity index (χ3v) is 2.51. The lowest BCUT2D eigenvalue weighted by Gasteiger charge is -2.12. The highest BCUT2D eigenvalue weighted by molar-refractivity contribution is 5.87. The Morgan fingerprint density at radius 2 is 2.35 bits per heavy atom. The summed E-state index contributed by atoms with van der Waals surface area (Å²) in [5.41, 5.74) is 1.23. The number of aromatic carboxylic acids is 1. The molecule has 0 heterocycles. The summed E-state index contributed by atoms with van der Waals surface area (Å²) in [6, 6.07) is 6.92. The van der Waals surface area contributed by atoms with E-state index < -0.39 is 5.97 Å². The van der Waals surface area contributed by atoms with Gasteiger partial charge in [0.25, 0.3) is 0 Å². The Morgan fingerprint density at radius 1 is 1.59 bits per heavy atom. The second kappa shape index (κ2) is 6.72. The quantitative estimate of drug-likeness (QED) is 0.738. The van der Waals surface area contributed by atoms with E-state index in [0.29, 0.717) is 12.1 Å². The fourth-order valence-electron chi connectivity index (χ4n) is 1.59. The van der Waals surface area contributed by atoms with E-state index in [9.17, 15) is 4.79 Å². The van der Waals surface area contributed by atoms with Crippen LogP contribution in [0.2, 0.25) is 0 Å². The van der Waals surface area contributed by atoms with Crippen LogP contribution in [0.5, 0.6) is 0 Å². The predicted molar refractivity (Wildman–Crippen MR) is 67.8 cm³/mol. The van der Waals surface area contributed by atoms with Gasteiger partial charge in [0.1, 0.15) is 0 Å². The van der Waals surface area contributed by atoms with Crippen molar-refractivity contribution >= 4 is 5.97 Å². The van der Waals surface area contributed by atoms with Crippen LogP contribution in [0.1, 0.15) is 35.7 Å². The molecule has 1 atom stereocenters. The normalized spacial score (nSPS) is 11.8. The Bertz CT molecular complexity index is 420. The SMILES string of the molecule is C#CC(CCC)NCc1cccc(C(=O)O)c1. The van der Waals surface area contributed by atoms with Gasteiger partial charge in [-0.15, -0.1) is 6.42 Å². The molecule has 0 radical (unpaired) electrons. The average Bonchev–Trinajstić information content (AvgIpc) is 2.34. The summed E-state index contributed by atoms with van der Waals surface area (Å²) in [7, 11) is 0. The molecule has 0 amide bonds. The molecule has 17 heavy (non-hydrogen) atoms. The van der Waals surface area contributed by atoms with Gasteiger partial charge < -0.3 is 5.11 Å². The Hall–Kier alpha value is -1.79. The van der Waals surface area contributed by atoms with E-state index >= 15 is 0 Å². The molecule has 0 aromatic heterocycles. The maximum atomic E-state index is 10.8. The molecule has 0 aliphatic rings. The lowest BCUT2D eigenvalue weighted by molar-refractivity contribution is 0.0697. The molecule has 1 aromatic carbocycles. The first-order valence-corrected chi connectivity index (χ1v) is 5.69. The van der Waals surface area contributed by atoms with E-state index in [-0.39, 0.29) is 6.04 Å². The lowest BCUT2D eigenvalue weighted by Crippen LogP contribution is -2.26. The topological polar surface area (TPSA) is 49.3 Å². The molecule has 1 rings (SSSR count). The number of rotatable bonds is 6. The zero-order valence-corrected chi connectivity index (χ0v) is 9.94. The van der Waals surface area contributed by atoms with Gasteiger partial charge in [-0.2, -0.15) is 0 Å². The van der Waals surface area contributed by atoms with Gasteiger partial charge in [0.15, 0.2) is 0 Å². The van der Waals surface area contributed by atoms with Crippen LogP contribution in [0.4, 0.5) is 0 Å². The van der Waals surface area contributed by atoms with Crippen molar-refractivity contribution < 1.29 is 9.90 Å². The Labute approximate surface area is 102 Å². The maximum Gasteiger partial charge on any atom is 0.335 e. The van der Waals surface area contributed by atoms with Gasteiger partial charge in [-0.1, -0.05) is 31.4 Å². The van der Waals surface area contributed by atoms with E-state index in [1.165, 1.54) is 0 Å². The molecule has 90 valence electrons. The first-order valence-electron chi connectivity index (χ1n) is 5.69. The molecule has 3 nitrogen and oxygen atoms in total. The van der Waals surface area contributed by atoms with Crippen LogP contribution in [0.15, 0.2) is 24.3 Å². The minimum Gasteiger partial charge on any atom is -0.478 e. The van der Waals surface area contributed by atoms with Crippen LogP contribution in [0.25, 0.3) is 0 Å². The Morgan fingerprint density at radius 3 is 2.94 bits per heavy atom. The Kier molecular flexibility index (Phi) is 5.25. The summed E-state index contributed by atoms with van der Waals surface area (Å²) in [5.74, 6) is 1.77. The van der Waals surface area contributed by atoms with E-state index in [1.807, 2.05) is 6.07 Å². The van der Waals surface area contributed by atoms with Gasteiger partial charge in [-0.25, -0.2) is 4.79 Å². The highest BCUT2D eigenvalue weighted by Gasteiger charge is 2.05. The summed E-state index contributed by atoms with van der Waals surface area (Å²) in [6.45, 7) is 2.67. The number of benzene rings is 1. The summed E-state index contributed by atoms with van der Waals surface area (Å²) in [4.78, 5) is 10.8. The van der Waals surface area contributed by atoms with Crippen LogP contribution in [0.3, 0.4) is 0 Å². The Balaban J connectivity index is 2.60. The molecule has 0 bridgehead atoms. The van der Waals surface area contributed by atoms with Gasteiger partial charge in [-0.3, -0.25) is 5.32 Å². The smallest absolute Gasteiger partial charge is 0.335 e. The first kappa shape index (κ1) is 13.3. The standard InChI is InChI=1S/C14H17NO2/c1-3-6-13(4-2)15-10-11-7-5-8-12(9-11)14(16)17/h2,5,7-9,13,15H,3,6,10H2,1H3,(H,16,17). The van der Waals surface area contributed by atoms with Gasteiger partial charge in [-0.05, 0) is 24.1 Å². The van der Waals surface area contributed by atoms with Crippen molar-refractivity contribution in [2.45, 2.75) is 32.4 Å². The van der Waals surface area contributed by atoms with Crippen molar-refractivity contribution in [2.24, 2.45) is 0 Å². The van der Waals surface area contributed by atoms with Gasteiger partial charge >= 0.3 is 5.97 Å². The van der Waals surface area contributed by atoms with Gasteiger partial charge in [0.05, 0.1) is 11.6 Å². The third kappa shape index (κ3) is 4.29. The highest BCUT2D eigenvalue weighted by Crippen LogP contribution is 2.06. The summed E-state index contributed by atoms with van der Waals surface area (Å²) >= 11 is 0. The zero-order chi connectivity index (χ0) is 12.7. The molecule has 3 heteroatoms. The van der Waals surface area contributed by atoms with E-state index in [0.717, 1.165) is 18.4 Å². The van der Waals surface area contributed by atoms with Crippen molar-refractivity contribution in [1.29, 1.82) is 0 Å². The van der Waals surface area contributed by atoms with Crippen LogP contribution in [-0.4, -0.2) is 17.1 Å². The van der Waals surface area contributed by atoms with Crippen LogP contribution in [-0.2, 0) is 6.54 Å². The number of carboxylic acid groups (broad SMARTS) is 1. The van der Waals surface area contributed by atoms with Crippen molar-refractivity contribution in [3.63, 3.8) is 0 Å². The fourth-order valence-corrected chi connectivity index (χ4v) is 1.59. The monoisotopic (exact) mass is 231 g/mol. The van der Waals surface area contributed by atoms with E-state index in [1.54, 1.807) is 18.2 Å². The minimum atomic E-state index is -0.908. The second-order valence-corrected chi connectivity index (χ2v) is 3.89. The van der Waals surface area contributed by atoms with E-state index in [2.05, 4.69) is 18.2 Å². The van der Waals surface area contributed by atoms with Crippen LogP contribution in [0, 0.1) is 12.3 Å². The number of terminal acetylenes is 1. The largest absolute Gasteiger partial charge is 0.478 e.